The van der Waals surface area contributed by atoms with Crippen molar-refractivity contribution >= 4 is 11.9 Å². The minimum absolute atomic E-state index is 0.417. The number of rotatable bonds is 3. The average molecular weight is 230 g/mol. The van der Waals surface area contributed by atoms with Crippen LogP contribution in [0.3, 0.4) is 0 Å². The number of hydrogen-bond acceptors (Lipinski definition) is 2. The number of hydrogen-bond donors (Lipinski definition) is 2. The topological polar surface area (TPSA) is 58.2 Å². The molecule has 1 atom stereocenters. The van der Waals surface area contributed by atoms with Gasteiger partial charge in [0.2, 0.25) is 0 Å². The minimum Gasteiger partial charge on any atom is -0.316 e. The molecule has 0 aromatic carbocycles. The Bertz CT molecular complexity index is 450. The van der Waals surface area contributed by atoms with Gasteiger partial charge in [0.15, 0.2) is 6.04 Å². The summed E-state index contributed by atoms with van der Waals surface area (Å²) in [5, 5.41) is 4.52. The zero-order chi connectivity index (χ0) is 12.7. The molecule has 0 aliphatic carbocycles. The van der Waals surface area contributed by atoms with Crippen LogP contribution in [-0.2, 0) is 4.79 Å². The summed E-state index contributed by atoms with van der Waals surface area (Å²) in [4.78, 5) is 22.1. The SMILES string of the molecule is C=C/C=C(C#CC1NC(=O)NC1=O)\C=C/CC. The number of imide groups is 1. The average Bonchev–Trinajstić information content (AvgIpc) is 2.61. The smallest absolute Gasteiger partial charge is 0.316 e. The Morgan fingerprint density at radius 1 is 1.53 bits per heavy atom. The second-order valence-electron chi connectivity index (χ2n) is 3.33. The van der Waals surface area contributed by atoms with Gasteiger partial charge in [0, 0.05) is 5.57 Å². The van der Waals surface area contributed by atoms with E-state index in [1.54, 1.807) is 12.2 Å². The Hall–Kier alpha value is -2.28. The van der Waals surface area contributed by atoms with Gasteiger partial charge in [0.25, 0.3) is 5.91 Å². The van der Waals surface area contributed by atoms with Gasteiger partial charge in [-0.3, -0.25) is 10.1 Å². The van der Waals surface area contributed by atoms with E-state index < -0.39 is 18.0 Å². The van der Waals surface area contributed by atoms with Crippen molar-refractivity contribution in [2.45, 2.75) is 19.4 Å². The molecule has 88 valence electrons. The number of nitrogens with one attached hydrogen (secondary N) is 2. The van der Waals surface area contributed by atoms with E-state index in [1.165, 1.54) is 0 Å². The predicted molar refractivity (Wildman–Crippen MR) is 65.9 cm³/mol. The second-order valence-corrected chi connectivity index (χ2v) is 3.33. The van der Waals surface area contributed by atoms with Crippen molar-refractivity contribution in [1.29, 1.82) is 0 Å². The second kappa shape index (κ2) is 6.33. The van der Waals surface area contributed by atoms with E-state index in [0.29, 0.717) is 0 Å². The molecule has 4 heteroatoms. The van der Waals surface area contributed by atoms with Gasteiger partial charge in [-0.1, -0.05) is 43.6 Å². The lowest BCUT2D eigenvalue weighted by atomic mass is 10.2. The van der Waals surface area contributed by atoms with Crippen LogP contribution >= 0.6 is 0 Å². The van der Waals surface area contributed by atoms with Crippen LogP contribution in [0, 0.1) is 11.8 Å². The molecule has 1 unspecified atom stereocenters. The molecule has 2 N–H and O–H groups in total. The van der Waals surface area contributed by atoms with Crippen LogP contribution in [0.1, 0.15) is 13.3 Å². The molecule has 0 aromatic heterocycles. The molecular formula is C13H14N2O2. The van der Waals surface area contributed by atoms with E-state index in [2.05, 4.69) is 29.1 Å². The van der Waals surface area contributed by atoms with Crippen LogP contribution < -0.4 is 10.6 Å². The van der Waals surface area contributed by atoms with Gasteiger partial charge in [-0.2, -0.15) is 0 Å². The third kappa shape index (κ3) is 3.99. The lowest BCUT2D eigenvalue weighted by Gasteiger charge is -1.95. The van der Waals surface area contributed by atoms with E-state index in [4.69, 9.17) is 0 Å². The molecule has 0 saturated carbocycles. The van der Waals surface area contributed by atoms with Crippen LogP contribution in [0.2, 0.25) is 0 Å². The monoisotopic (exact) mass is 230 g/mol. The molecule has 1 aliphatic heterocycles. The first-order valence-electron chi connectivity index (χ1n) is 5.29. The highest BCUT2D eigenvalue weighted by molar-refractivity contribution is 6.05. The zero-order valence-electron chi connectivity index (χ0n) is 9.62. The zero-order valence-corrected chi connectivity index (χ0v) is 9.62. The first kappa shape index (κ1) is 12.8. The van der Waals surface area contributed by atoms with Crippen molar-refractivity contribution in [2.75, 3.05) is 0 Å². The summed E-state index contributed by atoms with van der Waals surface area (Å²) in [6.07, 6.45) is 8.07. The number of carbonyl (C=O) groups is 2. The number of allylic oxidation sites excluding steroid dienone is 5. The molecule has 1 fully saturated rings. The van der Waals surface area contributed by atoms with Crippen molar-refractivity contribution in [1.82, 2.24) is 10.6 Å². The Kier molecular flexibility index (Phi) is 4.77. The van der Waals surface area contributed by atoms with Crippen LogP contribution in [0.25, 0.3) is 0 Å². The Balaban J connectivity index is 2.77. The van der Waals surface area contributed by atoms with Crippen molar-refractivity contribution in [3.63, 3.8) is 0 Å². The van der Waals surface area contributed by atoms with Gasteiger partial charge in [-0.25, -0.2) is 4.79 Å². The highest BCUT2D eigenvalue weighted by atomic mass is 16.2. The van der Waals surface area contributed by atoms with Gasteiger partial charge in [0.1, 0.15) is 0 Å². The molecule has 0 bridgehead atoms. The summed E-state index contributed by atoms with van der Waals surface area (Å²) in [6.45, 7) is 5.60. The number of carbonyl (C=O) groups excluding carboxylic acids is 2. The normalized spacial score (nSPS) is 19.6. The summed E-state index contributed by atoms with van der Waals surface area (Å²) >= 11 is 0. The van der Waals surface area contributed by atoms with Crippen molar-refractivity contribution in [3.8, 4) is 11.8 Å². The summed E-state index contributed by atoms with van der Waals surface area (Å²) in [5.74, 6) is 5.10. The van der Waals surface area contributed by atoms with E-state index in [9.17, 15) is 9.59 Å². The molecule has 0 aromatic rings. The number of urea groups is 1. The van der Waals surface area contributed by atoms with E-state index in [1.807, 2.05) is 19.1 Å². The summed E-state index contributed by atoms with van der Waals surface area (Å²) in [5.41, 5.74) is 0.746. The predicted octanol–water partition coefficient (Wildman–Crippen LogP) is 1.28. The maximum atomic E-state index is 11.2. The highest BCUT2D eigenvalue weighted by Crippen LogP contribution is 1.98. The molecule has 0 radical (unpaired) electrons. The lowest BCUT2D eigenvalue weighted by Crippen LogP contribution is -2.26. The van der Waals surface area contributed by atoms with Crippen molar-refractivity contribution < 1.29 is 9.59 Å². The molecule has 3 amide bonds. The van der Waals surface area contributed by atoms with Crippen LogP contribution in [0.5, 0.6) is 0 Å². The van der Waals surface area contributed by atoms with Gasteiger partial charge in [0.05, 0.1) is 0 Å². The maximum Gasteiger partial charge on any atom is 0.322 e. The third-order valence-electron chi connectivity index (χ3n) is 1.97. The number of amides is 3. The molecule has 1 rings (SSSR count). The van der Waals surface area contributed by atoms with Crippen LogP contribution in [-0.4, -0.2) is 18.0 Å². The first-order valence-corrected chi connectivity index (χ1v) is 5.29. The molecule has 0 spiro atoms. The van der Waals surface area contributed by atoms with Gasteiger partial charge in [-0.05, 0) is 12.5 Å². The standard InChI is InChI=1S/C13H14N2O2/c1-3-5-7-10(6-4-2)8-9-11-12(16)15-13(17)14-11/h4-7,11H,2-3H2,1H3,(H2,14,15,16,17)/b7-5-,10-6+. The molecule has 1 saturated heterocycles. The van der Waals surface area contributed by atoms with Crippen molar-refractivity contribution in [2.24, 2.45) is 0 Å². The van der Waals surface area contributed by atoms with Crippen molar-refractivity contribution in [3.05, 3.63) is 36.5 Å². The summed E-state index contributed by atoms with van der Waals surface area (Å²) in [6, 6.07) is -1.28. The Morgan fingerprint density at radius 3 is 2.82 bits per heavy atom. The fourth-order valence-corrected chi connectivity index (χ4v) is 1.18. The molecule has 17 heavy (non-hydrogen) atoms. The van der Waals surface area contributed by atoms with Crippen LogP contribution in [0.4, 0.5) is 4.79 Å². The first-order chi connectivity index (χ1) is 8.17. The summed E-state index contributed by atoms with van der Waals surface area (Å²) < 4.78 is 0. The molecular weight excluding hydrogens is 216 g/mol. The Labute approximate surface area is 100 Å². The lowest BCUT2D eigenvalue weighted by molar-refractivity contribution is -0.119. The maximum absolute atomic E-state index is 11.2. The molecule has 1 heterocycles. The fourth-order valence-electron chi connectivity index (χ4n) is 1.18. The van der Waals surface area contributed by atoms with E-state index in [0.717, 1.165) is 12.0 Å². The van der Waals surface area contributed by atoms with Crippen LogP contribution in [0.15, 0.2) is 36.5 Å². The fraction of sp³-hybridized carbons (Fsp3) is 0.231. The summed E-state index contributed by atoms with van der Waals surface area (Å²) in [7, 11) is 0. The largest absolute Gasteiger partial charge is 0.322 e. The highest BCUT2D eigenvalue weighted by Gasteiger charge is 2.27. The van der Waals surface area contributed by atoms with Gasteiger partial charge < -0.3 is 5.32 Å². The van der Waals surface area contributed by atoms with E-state index >= 15 is 0 Å². The molecule has 1 aliphatic rings. The quantitative estimate of drug-likeness (QED) is 0.436. The minimum atomic E-state index is -0.772. The third-order valence-corrected chi connectivity index (χ3v) is 1.97. The van der Waals surface area contributed by atoms with Gasteiger partial charge in [-0.15, -0.1) is 0 Å². The Morgan fingerprint density at radius 2 is 2.29 bits per heavy atom. The van der Waals surface area contributed by atoms with E-state index in [-0.39, 0.29) is 0 Å². The molecule has 4 nitrogen and oxygen atoms in total. The van der Waals surface area contributed by atoms with Gasteiger partial charge >= 0.3 is 6.03 Å².